The van der Waals surface area contributed by atoms with Crippen LogP contribution in [0.1, 0.15) is 65.6 Å². The minimum Gasteiger partial charge on any atom is -0.271 e. The number of nitrogens with zero attached hydrogens (tertiary/aromatic N) is 2. The van der Waals surface area contributed by atoms with Crippen LogP contribution in [0.5, 0.6) is 0 Å². The van der Waals surface area contributed by atoms with Crippen molar-refractivity contribution in [2.45, 2.75) is 58.0 Å². The van der Waals surface area contributed by atoms with Crippen LogP contribution in [-0.2, 0) is 0 Å². The van der Waals surface area contributed by atoms with Crippen molar-refractivity contribution in [3.63, 3.8) is 0 Å². The summed E-state index contributed by atoms with van der Waals surface area (Å²) in [5, 5.41) is 0. The van der Waals surface area contributed by atoms with E-state index >= 15 is 0 Å². The van der Waals surface area contributed by atoms with Crippen LogP contribution in [0.3, 0.4) is 0 Å². The van der Waals surface area contributed by atoms with Crippen molar-refractivity contribution < 1.29 is 4.79 Å². The first-order chi connectivity index (χ1) is 13.5. The van der Waals surface area contributed by atoms with Crippen molar-refractivity contribution >= 4 is 28.8 Å². The molecule has 1 amide bonds. The smallest absolute Gasteiger partial charge is 0.260 e. The Bertz CT molecular complexity index is 955. The van der Waals surface area contributed by atoms with E-state index in [4.69, 9.17) is 17.2 Å². The van der Waals surface area contributed by atoms with Gasteiger partial charge in [-0.1, -0.05) is 66.5 Å². The number of amides is 1. The average Bonchev–Trinajstić information content (AvgIpc) is 2.81. The Morgan fingerprint density at radius 1 is 0.964 bits per heavy atom. The van der Waals surface area contributed by atoms with Crippen LogP contribution in [0.2, 0.25) is 0 Å². The van der Waals surface area contributed by atoms with Gasteiger partial charge in [0, 0.05) is 11.1 Å². The van der Waals surface area contributed by atoms with Gasteiger partial charge in [-0.05, 0) is 57.7 Å². The lowest BCUT2D eigenvalue weighted by molar-refractivity contribution is 0.0691. The predicted molar refractivity (Wildman–Crippen MR) is 118 cm³/mol. The lowest BCUT2D eigenvalue weighted by Gasteiger charge is -2.35. The maximum atomic E-state index is 13.6. The van der Waals surface area contributed by atoms with Gasteiger partial charge in [0.15, 0.2) is 0 Å². The number of aryl methyl sites for hydroxylation is 2. The molecule has 0 radical (unpaired) electrons. The van der Waals surface area contributed by atoms with Crippen molar-refractivity contribution in [1.29, 1.82) is 0 Å². The number of thiocarbonyl (C=S) groups is 1. The highest BCUT2D eigenvalue weighted by molar-refractivity contribution is 7.82. The molecule has 4 rings (SSSR count). The molecule has 0 unspecified atom stereocenters. The Hall–Kier alpha value is -2.33. The summed E-state index contributed by atoms with van der Waals surface area (Å²) in [6.45, 7) is 4.08. The molecule has 0 saturated heterocycles. The van der Waals surface area contributed by atoms with E-state index in [9.17, 15) is 4.79 Å². The van der Waals surface area contributed by atoms with E-state index in [1.807, 2.05) is 48.2 Å². The molecule has 3 nitrogen and oxygen atoms in total. The quantitative estimate of drug-likeness (QED) is 0.623. The van der Waals surface area contributed by atoms with E-state index in [1.54, 1.807) is 0 Å². The van der Waals surface area contributed by atoms with Crippen LogP contribution in [0.4, 0.5) is 0 Å². The Balaban J connectivity index is 1.80. The summed E-state index contributed by atoms with van der Waals surface area (Å²) in [4.78, 5) is 21.2. The van der Waals surface area contributed by atoms with Gasteiger partial charge in [-0.2, -0.15) is 0 Å². The third-order valence-corrected chi connectivity index (χ3v) is 6.18. The molecular formula is C24H26N2OS. The zero-order valence-corrected chi connectivity index (χ0v) is 17.4. The standard InChI is InChI=1S/C24H26N2OS/c1-17-9-7-11-19(15-17)21-23(28)26(22(27)20-12-8-10-18(2)16-20)24(25-21)13-5-3-4-6-14-24/h7-12,15-16H,3-6,13-14H2,1-2H3. The van der Waals surface area contributed by atoms with Crippen LogP contribution >= 0.6 is 12.2 Å². The van der Waals surface area contributed by atoms with E-state index in [-0.39, 0.29) is 5.91 Å². The molecule has 144 valence electrons. The van der Waals surface area contributed by atoms with Gasteiger partial charge in [-0.3, -0.25) is 14.7 Å². The number of aliphatic imine (C=N–C) groups is 1. The second-order valence-electron chi connectivity index (χ2n) is 8.04. The van der Waals surface area contributed by atoms with Gasteiger partial charge in [0.1, 0.15) is 16.4 Å². The van der Waals surface area contributed by atoms with Gasteiger partial charge >= 0.3 is 0 Å². The van der Waals surface area contributed by atoms with Crippen molar-refractivity contribution in [2.75, 3.05) is 0 Å². The van der Waals surface area contributed by atoms with Crippen LogP contribution < -0.4 is 0 Å². The van der Waals surface area contributed by atoms with Gasteiger partial charge in [-0.25, -0.2) is 0 Å². The zero-order valence-electron chi connectivity index (χ0n) is 16.6. The Kier molecular flexibility index (Phi) is 5.15. The number of rotatable bonds is 2. The monoisotopic (exact) mass is 390 g/mol. The van der Waals surface area contributed by atoms with Gasteiger partial charge in [-0.15, -0.1) is 0 Å². The van der Waals surface area contributed by atoms with Crippen LogP contribution in [0, 0.1) is 13.8 Å². The van der Waals surface area contributed by atoms with Crippen molar-refractivity contribution in [3.05, 3.63) is 70.8 Å². The zero-order chi connectivity index (χ0) is 19.7. The number of hydrogen-bond donors (Lipinski definition) is 0. The van der Waals surface area contributed by atoms with E-state index < -0.39 is 5.66 Å². The Morgan fingerprint density at radius 3 is 2.25 bits per heavy atom. The molecular weight excluding hydrogens is 364 g/mol. The molecule has 28 heavy (non-hydrogen) atoms. The predicted octanol–water partition coefficient (Wildman–Crippen LogP) is 5.63. The topological polar surface area (TPSA) is 32.7 Å². The normalized spacial score (nSPS) is 18.9. The fourth-order valence-corrected chi connectivity index (χ4v) is 4.82. The minimum atomic E-state index is -0.534. The highest BCUT2D eigenvalue weighted by Crippen LogP contribution is 2.40. The van der Waals surface area contributed by atoms with Crippen LogP contribution in [0.25, 0.3) is 0 Å². The van der Waals surface area contributed by atoms with Crippen molar-refractivity contribution in [3.8, 4) is 0 Å². The molecule has 0 N–H and O–H groups in total. The molecule has 1 heterocycles. The number of carbonyl (C=O) groups excluding carboxylic acids is 1. The fourth-order valence-electron chi connectivity index (χ4n) is 4.40. The lowest BCUT2D eigenvalue weighted by atomic mass is 9.98. The maximum Gasteiger partial charge on any atom is 0.260 e. The minimum absolute atomic E-state index is 0.0259. The lowest BCUT2D eigenvalue weighted by Crippen LogP contribution is -2.49. The molecule has 1 aliphatic carbocycles. The number of hydrogen-bond acceptors (Lipinski definition) is 3. The highest BCUT2D eigenvalue weighted by atomic mass is 32.1. The molecule has 2 aromatic carbocycles. The second kappa shape index (κ2) is 7.59. The van der Waals surface area contributed by atoms with E-state index in [0.717, 1.165) is 42.5 Å². The molecule has 1 aliphatic heterocycles. The maximum absolute atomic E-state index is 13.6. The summed E-state index contributed by atoms with van der Waals surface area (Å²) in [6, 6.07) is 16.0. The van der Waals surface area contributed by atoms with Gasteiger partial charge in [0.2, 0.25) is 0 Å². The summed E-state index contributed by atoms with van der Waals surface area (Å²) in [6.07, 6.45) is 6.28. The molecule has 1 spiro atoms. The molecule has 0 atom stereocenters. The van der Waals surface area contributed by atoms with E-state index in [2.05, 4.69) is 19.1 Å². The number of benzene rings is 2. The van der Waals surface area contributed by atoms with Gasteiger partial charge < -0.3 is 0 Å². The summed E-state index contributed by atoms with van der Waals surface area (Å²) >= 11 is 5.87. The summed E-state index contributed by atoms with van der Waals surface area (Å²) in [7, 11) is 0. The first-order valence-electron chi connectivity index (χ1n) is 10.1. The first kappa shape index (κ1) is 19.0. The summed E-state index contributed by atoms with van der Waals surface area (Å²) in [5.41, 5.74) is 4.20. The van der Waals surface area contributed by atoms with Crippen LogP contribution in [-0.4, -0.2) is 27.2 Å². The van der Waals surface area contributed by atoms with Gasteiger partial charge in [0.05, 0.1) is 0 Å². The Labute approximate surface area is 172 Å². The largest absolute Gasteiger partial charge is 0.271 e. The van der Waals surface area contributed by atoms with Crippen molar-refractivity contribution in [1.82, 2.24) is 4.90 Å². The third-order valence-electron chi connectivity index (χ3n) is 5.81. The number of carbonyl (C=O) groups is 1. The van der Waals surface area contributed by atoms with Crippen LogP contribution in [0.15, 0.2) is 53.5 Å². The first-order valence-corrected chi connectivity index (χ1v) is 10.5. The second-order valence-corrected chi connectivity index (χ2v) is 8.43. The van der Waals surface area contributed by atoms with E-state index in [0.29, 0.717) is 10.6 Å². The highest BCUT2D eigenvalue weighted by Gasteiger charge is 2.48. The molecule has 1 fully saturated rings. The Morgan fingerprint density at radius 2 is 1.61 bits per heavy atom. The summed E-state index contributed by atoms with van der Waals surface area (Å²) in [5.74, 6) is -0.0259. The molecule has 0 bridgehead atoms. The fraction of sp³-hybridized carbons (Fsp3) is 0.375. The molecule has 2 aromatic rings. The molecule has 2 aliphatic rings. The summed E-state index contributed by atoms with van der Waals surface area (Å²) < 4.78 is 0. The van der Waals surface area contributed by atoms with Crippen molar-refractivity contribution in [2.24, 2.45) is 4.99 Å². The third kappa shape index (κ3) is 3.42. The van der Waals surface area contributed by atoms with Gasteiger partial charge in [0.25, 0.3) is 5.91 Å². The molecule has 1 saturated carbocycles. The molecule has 0 aromatic heterocycles. The average molecular weight is 391 g/mol. The molecule has 4 heteroatoms. The SMILES string of the molecule is Cc1cccc(C(=O)N2C(=S)C(c3cccc(C)c3)=NC23CCCCCC3)c1. The van der Waals surface area contributed by atoms with E-state index in [1.165, 1.54) is 18.4 Å².